The van der Waals surface area contributed by atoms with Gasteiger partial charge in [-0.1, -0.05) is 12.1 Å². The summed E-state index contributed by atoms with van der Waals surface area (Å²) in [5.74, 6) is 0.00665. The Balaban J connectivity index is 0.00000208. The highest BCUT2D eigenvalue weighted by atomic mass is 35.5. The second kappa shape index (κ2) is 8.26. The van der Waals surface area contributed by atoms with Crippen LogP contribution in [0.3, 0.4) is 0 Å². The second-order valence-electron chi connectivity index (χ2n) is 6.34. The van der Waals surface area contributed by atoms with Crippen molar-refractivity contribution in [1.82, 2.24) is 10.6 Å². The number of nitrogens with one attached hydrogen (secondary N) is 3. The summed E-state index contributed by atoms with van der Waals surface area (Å²) in [6, 6.07) is 7.40. The highest BCUT2D eigenvalue weighted by molar-refractivity contribution is 6.03. The van der Waals surface area contributed by atoms with Gasteiger partial charge in [0.15, 0.2) is 0 Å². The third-order valence-corrected chi connectivity index (χ3v) is 4.20. The molecule has 2 fully saturated rings. The Morgan fingerprint density at radius 3 is 2.46 bits per heavy atom. The monoisotopic (exact) mass is 351 g/mol. The van der Waals surface area contributed by atoms with E-state index in [2.05, 4.69) is 16.0 Å². The fourth-order valence-electron chi connectivity index (χ4n) is 2.70. The SMILES string of the molecule is Cl.O=C1CC(Cc2ccc(NC(=O)CNCC3CC3)cc2)C(=O)N1. The molecular weight excluding hydrogens is 330 g/mol. The summed E-state index contributed by atoms with van der Waals surface area (Å²) in [4.78, 5) is 34.5. The van der Waals surface area contributed by atoms with E-state index in [1.54, 1.807) is 0 Å². The zero-order valence-electron chi connectivity index (χ0n) is 13.3. The van der Waals surface area contributed by atoms with Gasteiger partial charge in [-0.25, -0.2) is 0 Å². The number of rotatable bonds is 7. The minimum absolute atomic E-state index is 0. The summed E-state index contributed by atoms with van der Waals surface area (Å²) in [6.07, 6.45) is 3.32. The Morgan fingerprint density at radius 1 is 1.17 bits per heavy atom. The van der Waals surface area contributed by atoms with Crippen molar-refractivity contribution in [1.29, 1.82) is 0 Å². The minimum atomic E-state index is -0.283. The number of hydrogen-bond donors (Lipinski definition) is 3. The molecule has 1 heterocycles. The first kappa shape index (κ1) is 18.4. The molecule has 0 spiro atoms. The molecule has 1 saturated carbocycles. The normalized spacial score (nSPS) is 19.6. The Morgan fingerprint density at radius 2 is 1.88 bits per heavy atom. The molecule has 3 rings (SSSR count). The molecule has 24 heavy (non-hydrogen) atoms. The van der Waals surface area contributed by atoms with E-state index in [4.69, 9.17) is 0 Å². The van der Waals surface area contributed by atoms with E-state index in [-0.39, 0.29) is 42.5 Å². The molecule has 0 radical (unpaired) electrons. The molecule has 130 valence electrons. The van der Waals surface area contributed by atoms with Gasteiger partial charge >= 0.3 is 0 Å². The highest BCUT2D eigenvalue weighted by Crippen LogP contribution is 2.27. The van der Waals surface area contributed by atoms with E-state index < -0.39 is 0 Å². The molecule has 7 heteroatoms. The maximum Gasteiger partial charge on any atom is 0.238 e. The van der Waals surface area contributed by atoms with Gasteiger partial charge in [0.05, 0.1) is 12.5 Å². The van der Waals surface area contributed by atoms with E-state index >= 15 is 0 Å². The number of amides is 3. The van der Waals surface area contributed by atoms with Gasteiger partial charge in [-0.2, -0.15) is 0 Å². The molecule has 3 N–H and O–H groups in total. The molecule has 1 saturated heterocycles. The largest absolute Gasteiger partial charge is 0.325 e. The van der Waals surface area contributed by atoms with Crippen LogP contribution in [0.1, 0.15) is 24.8 Å². The van der Waals surface area contributed by atoms with E-state index in [1.165, 1.54) is 12.8 Å². The molecule has 1 aliphatic heterocycles. The van der Waals surface area contributed by atoms with Crippen molar-refractivity contribution in [3.05, 3.63) is 29.8 Å². The average molecular weight is 352 g/mol. The van der Waals surface area contributed by atoms with Crippen LogP contribution in [0, 0.1) is 11.8 Å². The second-order valence-corrected chi connectivity index (χ2v) is 6.34. The molecule has 3 amide bonds. The molecule has 0 aromatic heterocycles. The molecule has 1 atom stereocenters. The first-order chi connectivity index (χ1) is 11.1. The van der Waals surface area contributed by atoms with Crippen molar-refractivity contribution in [2.75, 3.05) is 18.4 Å². The Hall–Kier alpha value is -1.92. The zero-order chi connectivity index (χ0) is 16.2. The molecule has 1 aromatic rings. The van der Waals surface area contributed by atoms with Crippen LogP contribution in [0.25, 0.3) is 0 Å². The van der Waals surface area contributed by atoms with Crippen LogP contribution in [0.2, 0.25) is 0 Å². The summed E-state index contributed by atoms with van der Waals surface area (Å²) < 4.78 is 0. The van der Waals surface area contributed by atoms with Gasteiger partial charge in [-0.3, -0.25) is 19.7 Å². The maximum atomic E-state index is 11.8. The number of hydrogen-bond acceptors (Lipinski definition) is 4. The van der Waals surface area contributed by atoms with E-state index in [1.807, 2.05) is 24.3 Å². The summed E-state index contributed by atoms with van der Waals surface area (Å²) in [5, 5.41) is 8.30. The van der Waals surface area contributed by atoms with Crippen molar-refractivity contribution in [3.8, 4) is 0 Å². The van der Waals surface area contributed by atoms with Gasteiger partial charge < -0.3 is 10.6 Å². The summed E-state index contributed by atoms with van der Waals surface area (Å²) in [7, 11) is 0. The van der Waals surface area contributed by atoms with Crippen molar-refractivity contribution < 1.29 is 14.4 Å². The molecular formula is C17H22ClN3O3. The van der Waals surface area contributed by atoms with Crippen LogP contribution in [0.5, 0.6) is 0 Å². The molecule has 6 nitrogen and oxygen atoms in total. The van der Waals surface area contributed by atoms with Gasteiger partial charge in [0.25, 0.3) is 0 Å². The van der Waals surface area contributed by atoms with Crippen LogP contribution in [-0.4, -0.2) is 30.8 Å². The molecule has 1 unspecified atom stereocenters. The predicted molar refractivity (Wildman–Crippen MR) is 92.9 cm³/mol. The van der Waals surface area contributed by atoms with Gasteiger partial charge in [0, 0.05) is 12.1 Å². The van der Waals surface area contributed by atoms with Crippen molar-refractivity contribution >= 4 is 35.8 Å². The molecule has 2 aliphatic rings. The van der Waals surface area contributed by atoms with E-state index in [0.29, 0.717) is 13.0 Å². The number of anilines is 1. The number of halogens is 1. The van der Waals surface area contributed by atoms with Crippen LogP contribution in [0.15, 0.2) is 24.3 Å². The fraction of sp³-hybridized carbons (Fsp3) is 0.471. The van der Waals surface area contributed by atoms with Crippen molar-refractivity contribution in [3.63, 3.8) is 0 Å². The zero-order valence-corrected chi connectivity index (χ0v) is 14.2. The molecule has 1 aliphatic carbocycles. The van der Waals surface area contributed by atoms with Gasteiger partial charge in [-0.05, 0) is 49.4 Å². The van der Waals surface area contributed by atoms with Crippen LogP contribution < -0.4 is 16.0 Å². The van der Waals surface area contributed by atoms with Gasteiger partial charge in [0.1, 0.15) is 0 Å². The first-order valence-corrected chi connectivity index (χ1v) is 8.03. The van der Waals surface area contributed by atoms with E-state index in [0.717, 1.165) is 23.7 Å². The Labute approximate surface area is 147 Å². The number of carbonyl (C=O) groups excluding carboxylic acids is 3. The fourth-order valence-corrected chi connectivity index (χ4v) is 2.70. The molecule has 0 bridgehead atoms. The summed E-state index contributed by atoms with van der Waals surface area (Å²) >= 11 is 0. The smallest absolute Gasteiger partial charge is 0.238 e. The first-order valence-electron chi connectivity index (χ1n) is 8.03. The lowest BCUT2D eigenvalue weighted by Gasteiger charge is -2.09. The number of benzene rings is 1. The lowest BCUT2D eigenvalue weighted by molar-refractivity contribution is -0.125. The van der Waals surface area contributed by atoms with Crippen molar-refractivity contribution in [2.45, 2.75) is 25.7 Å². The predicted octanol–water partition coefficient (Wildman–Crippen LogP) is 1.25. The summed E-state index contributed by atoms with van der Waals surface area (Å²) in [5.41, 5.74) is 1.71. The van der Waals surface area contributed by atoms with Gasteiger partial charge in [0.2, 0.25) is 17.7 Å². The average Bonchev–Trinajstić information content (AvgIpc) is 3.27. The summed E-state index contributed by atoms with van der Waals surface area (Å²) in [6.45, 7) is 1.23. The third kappa shape index (κ3) is 5.32. The minimum Gasteiger partial charge on any atom is -0.325 e. The maximum absolute atomic E-state index is 11.8. The third-order valence-electron chi connectivity index (χ3n) is 4.20. The lowest BCUT2D eigenvalue weighted by Crippen LogP contribution is -2.29. The highest BCUT2D eigenvalue weighted by Gasteiger charge is 2.30. The molecule has 1 aromatic carbocycles. The quantitative estimate of drug-likeness (QED) is 0.645. The van der Waals surface area contributed by atoms with Crippen LogP contribution in [0.4, 0.5) is 5.69 Å². The number of imide groups is 1. The van der Waals surface area contributed by atoms with Gasteiger partial charge in [-0.15, -0.1) is 12.4 Å². The Kier molecular flexibility index (Phi) is 6.34. The van der Waals surface area contributed by atoms with Crippen molar-refractivity contribution in [2.24, 2.45) is 11.8 Å². The lowest BCUT2D eigenvalue weighted by atomic mass is 9.98. The van der Waals surface area contributed by atoms with Crippen LogP contribution in [-0.2, 0) is 20.8 Å². The van der Waals surface area contributed by atoms with E-state index in [9.17, 15) is 14.4 Å². The van der Waals surface area contributed by atoms with Crippen LogP contribution >= 0.6 is 12.4 Å². The standard InChI is InChI=1S/C17H21N3O3.ClH/c21-15-8-13(17(23)20-15)7-11-3-5-14(6-4-11)19-16(22)10-18-9-12-1-2-12;/h3-6,12-13,18H,1-2,7-10H2,(H,19,22)(H,20,21,23);1H. The topological polar surface area (TPSA) is 87.3 Å². The number of carbonyl (C=O) groups is 3. The Bertz CT molecular complexity index is 614.